The van der Waals surface area contributed by atoms with Crippen molar-refractivity contribution in [1.82, 2.24) is 0 Å². The van der Waals surface area contributed by atoms with Crippen molar-refractivity contribution >= 4 is 17.7 Å². The van der Waals surface area contributed by atoms with Gasteiger partial charge in [0.25, 0.3) is 5.69 Å². The molecule has 0 unspecified atom stereocenters. The van der Waals surface area contributed by atoms with E-state index in [1.165, 1.54) is 31.7 Å². The molecule has 1 aliphatic rings. The maximum absolute atomic E-state index is 11.1. The largest absolute Gasteiger partial charge is 0.369 e. The highest BCUT2D eigenvalue weighted by atomic mass is 16.6. The number of rotatable bonds is 5. The van der Waals surface area contributed by atoms with Crippen LogP contribution in [0.3, 0.4) is 0 Å². The van der Waals surface area contributed by atoms with Gasteiger partial charge < -0.3 is 4.90 Å². The molecule has 0 spiro atoms. The number of carbonyl (C=O) groups is 1. The maximum atomic E-state index is 11.1. The minimum absolute atomic E-state index is 0.00472. The van der Waals surface area contributed by atoms with Gasteiger partial charge in [-0.3, -0.25) is 14.9 Å². The van der Waals surface area contributed by atoms with Gasteiger partial charge in [-0.15, -0.1) is 0 Å². The van der Waals surface area contributed by atoms with Gasteiger partial charge in [-0.05, 0) is 30.9 Å². The molecule has 1 aromatic rings. The molecular weight excluding hydrogens is 244 g/mol. The first-order valence-electron chi connectivity index (χ1n) is 6.56. The van der Waals surface area contributed by atoms with Crippen LogP contribution in [0.15, 0.2) is 18.2 Å². The summed E-state index contributed by atoms with van der Waals surface area (Å²) in [6.45, 7) is 0.835. The normalized spacial score (nSPS) is 15.4. The molecule has 0 saturated heterocycles. The van der Waals surface area contributed by atoms with Crippen LogP contribution in [0.5, 0.6) is 0 Å². The maximum Gasteiger partial charge on any atom is 0.293 e. The molecule has 0 heterocycles. The Labute approximate surface area is 112 Å². The molecule has 5 nitrogen and oxygen atoms in total. The van der Waals surface area contributed by atoms with Gasteiger partial charge in [0.05, 0.1) is 4.92 Å². The van der Waals surface area contributed by atoms with E-state index in [0.717, 1.165) is 6.54 Å². The molecule has 2 rings (SSSR count). The predicted octanol–water partition coefficient (Wildman–Crippen LogP) is 3.03. The van der Waals surface area contributed by atoms with E-state index >= 15 is 0 Å². The Hall–Kier alpha value is -1.91. The predicted molar refractivity (Wildman–Crippen MR) is 73.7 cm³/mol. The van der Waals surface area contributed by atoms with Crippen molar-refractivity contribution in [2.24, 2.45) is 5.92 Å². The highest BCUT2D eigenvalue weighted by Crippen LogP contribution is 2.31. The molecule has 1 fully saturated rings. The van der Waals surface area contributed by atoms with Crippen LogP contribution in [-0.4, -0.2) is 24.8 Å². The van der Waals surface area contributed by atoms with Crippen molar-refractivity contribution in [2.45, 2.75) is 25.7 Å². The van der Waals surface area contributed by atoms with Crippen LogP contribution < -0.4 is 4.90 Å². The highest BCUT2D eigenvalue weighted by Gasteiger charge is 2.22. The van der Waals surface area contributed by atoms with Gasteiger partial charge in [-0.25, -0.2) is 0 Å². The van der Waals surface area contributed by atoms with Crippen LogP contribution in [0.25, 0.3) is 0 Å². The van der Waals surface area contributed by atoms with Gasteiger partial charge >= 0.3 is 0 Å². The fourth-order valence-electron chi connectivity index (χ4n) is 2.76. The number of anilines is 1. The van der Waals surface area contributed by atoms with E-state index in [-0.39, 0.29) is 5.69 Å². The van der Waals surface area contributed by atoms with E-state index < -0.39 is 4.92 Å². The first kappa shape index (κ1) is 13.5. The minimum atomic E-state index is -0.423. The summed E-state index contributed by atoms with van der Waals surface area (Å²) in [6.07, 6.45) is 5.54. The molecule has 0 bridgehead atoms. The molecule has 5 heteroatoms. The molecule has 0 amide bonds. The monoisotopic (exact) mass is 262 g/mol. The van der Waals surface area contributed by atoms with Crippen LogP contribution in [0.1, 0.15) is 36.0 Å². The van der Waals surface area contributed by atoms with Gasteiger partial charge in [0.15, 0.2) is 0 Å². The molecule has 1 saturated carbocycles. The lowest BCUT2D eigenvalue weighted by atomic mass is 10.1. The lowest BCUT2D eigenvalue weighted by molar-refractivity contribution is -0.384. The second-order valence-corrected chi connectivity index (χ2v) is 5.15. The Kier molecular flexibility index (Phi) is 4.14. The number of hydrogen-bond donors (Lipinski definition) is 0. The van der Waals surface area contributed by atoms with Crippen molar-refractivity contribution in [3.8, 4) is 0 Å². The second-order valence-electron chi connectivity index (χ2n) is 5.15. The van der Waals surface area contributed by atoms with Gasteiger partial charge in [-0.2, -0.15) is 0 Å². The van der Waals surface area contributed by atoms with E-state index in [2.05, 4.69) is 0 Å². The van der Waals surface area contributed by atoms with Gasteiger partial charge in [0.1, 0.15) is 12.0 Å². The molecular formula is C14H18N2O3. The van der Waals surface area contributed by atoms with Crippen LogP contribution in [0.4, 0.5) is 11.4 Å². The van der Waals surface area contributed by atoms with E-state index in [1.54, 1.807) is 12.1 Å². The fourth-order valence-corrected chi connectivity index (χ4v) is 2.76. The lowest BCUT2D eigenvalue weighted by Gasteiger charge is -2.22. The number of benzene rings is 1. The number of nitro benzene ring substituents is 1. The Morgan fingerprint density at radius 3 is 2.68 bits per heavy atom. The zero-order valence-electron chi connectivity index (χ0n) is 11.0. The average Bonchev–Trinajstić information content (AvgIpc) is 2.90. The van der Waals surface area contributed by atoms with Crippen LogP contribution in [-0.2, 0) is 0 Å². The van der Waals surface area contributed by atoms with Crippen LogP contribution >= 0.6 is 0 Å². The summed E-state index contributed by atoms with van der Waals surface area (Å²) in [6, 6.07) is 4.63. The van der Waals surface area contributed by atoms with Crippen molar-refractivity contribution < 1.29 is 9.72 Å². The van der Waals surface area contributed by atoms with Gasteiger partial charge in [-0.1, -0.05) is 12.8 Å². The Bertz CT molecular complexity index is 482. The van der Waals surface area contributed by atoms with Crippen molar-refractivity contribution in [3.05, 3.63) is 33.9 Å². The summed E-state index contributed by atoms with van der Waals surface area (Å²) in [7, 11) is 1.88. The van der Waals surface area contributed by atoms with E-state index in [1.807, 2.05) is 11.9 Å². The third kappa shape index (κ3) is 3.10. The molecule has 0 atom stereocenters. The van der Waals surface area contributed by atoms with E-state index in [4.69, 9.17) is 0 Å². The quantitative estimate of drug-likeness (QED) is 0.465. The topological polar surface area (TPSA) is 63.5 Å². The first-order chi connectivity index (χ1) is 9.11. The van der Waals surface area contributed by atoms with Crippen molar-refractivity contribution in [2.75, 3.05) is 18.5 Å². The van der Waals surface area contributed by atoms with Crippen molar-refractivity contribution in [3.63, 3.8) is 0 Å². The third-order valence-electron chi connectivity index (χ3n) is 3.75. The molecule has 19 heavy (non-hydrogen) atoms. The molecule has 0 aliphatic heterocycles. The van der Waals surface area contributed by atoms with Gasteiger partial charge in [0.2, 0.25) is 0 Å². The number of nitro groups is 1. The summed E-state index contributed by atoms with van der Waals surface area (Å²) in [4.78, 5) is 23.3. The highest BCUT2D eigenvalue weighted by molar-refractivity contribution is 5.79. The summed E-state index contributed by atoms with van der Waals surface area (Å²) < 4.78 is 0. The van der Waals surface area contributed by atoms with Crippen molar-refractivity contribution in [1.29, 1.82) is 0 Å². The summed E-state index contributed by atoms with van der Waals surface area (Å²) in [5.41, 5.74) is 0.928. The Morgan fingerprint density at radius 1 is 1.42 bits per heavy atom. The molecule has 0 aromatic heterocycles. The third-order valence-corrected chi connectivity index (χ3v) is 3.75. The van der Waals surface area contributed by atoms with E-state index in [9.17, 15) is 14.9 Å². The summed E-state index contributed by atoms with van der Waals surface area (Å²) in [5, 5.41) is 11.1. The number of aldehydes is 1. The molecule has 0 N–H and O–H groups in total. The molecule has 102 valence electrons. The fraction of sp³-hybridized carbons (Fsp3) is 0.500. The van der Waals surface area contributed by atoms with Crippen LogP contribution in [0, 0.1) is 16.0 Å². The summed E-state index contributed by atoms with van der Waals surface area (Å²) >= 11 is 0. The zero-order valence-corrected chi connectivity index (χ0v) is 11.0. The van der Waals surface area contributed by atoms with Gasteiger partial charge in [0, 0.05) is 25.2 Å². The zero-order chi connectivity index (χ0) is 13.8. The average molecular weight is 262 g/mol. The Morgan fingerprint density at radius 2 is 2.11 bits per heavy atom. The lowest BCUT2D eigenvalue weighted by Crippen LogP contribution is -2.24. The number of carbonyl (C=O) groups excluding carboxylic acids is 1. The van der Waals surface area contributed by atoms with Crippen LogP contribution in [0.2, 0.25) is 0 Å². The number of nitrogens with zero attached hydrogens (tertiary/aromatic N) is 2. The van der Waals surface area contributed by atoms with E-state index in [0.29, 0.717) is 23.5 Å². The SMILES string of the molecule is CN(CC1CCCC1)c1ccc(C=O)cc1[N+](=O)[O-]. The second kappa shape index (κ2) is 5.82. The number of hydrogen-bond acceptors (Lipinski definition) is 4. The minimum Gasteiger partial charge on any atom is -0.369 e. The molecule has 0 radical (unpaired) electrons. The molecule has 1 aliphatic carbocycles. The smallest absolute Gasteiger partial charge is 0.293 e. The summed E-state index contributed by atoms with van der Waals surface area (Å²) in [5.74, 6) is 0.621. The Balaban J connectivity index is 2.21. The first-order valence-corrected chi connectivity index (χ1v) is 6.56. The standard InChI is InChI=1S/C14H18N2O3/c1-15(9-11-4-2-3-5-11)13-7-6-12(10-17)8-14(13)16(18)19/h6-8,10-11H,2-5,9H2,1H3. The molecule has 1 aromatic carbocycles.